The fourth-order valence-corrected chi connectivity index (χ4v) is 2.32. The van der Waals surface area contributed by atoms with E-state index < -0.39 is 6.16 Å². The molecule has 23 heavy (non-hydrogen) atoms. The summed E-state index contributed by atoms with van der Waals surface area (Å²) in [6.45, 7) is 3.60. The van der Waals surface area contributed by atoms with Crippen molar-refractivity contribution in [2.45, 2.75) is 6.42 Å². The van der Waals surface area contributed by atoms with Crippen LogP contribution in [0.25, 0.3) is 11.0 Å². The molecule has 1 heterocycles. The molecule has 0 bridgehead atoms. The number of carbonyl (C=O) groups is 1. The van der Waals surface area contributed by atoms with Crippen LogP contribution in [0.4, 0.5) is 4.79 Å². The van der Waals surface area contributed by atoms with E-state index in [2.05, 4.69) is 6.58 Å². The topological polar surface area (TPSA) is 48.7 Å². The number of carbonyl (C=O) groups excluding carboxylic acids is 1. The number of hydrogen-bond donors (Lipinski definition) is 0. The lowest BCUT2D eigenvalue weighted by atomic mass is 10.1. The minimum atomic E-state index is -0.772. The highest BCUT2D eigenvalue weighted by molar-refractivity contribution is 5.87. The van der Waals surface area contributed by atoms with Gasteiger partial charge in [-0.1, -0.05) is 55.1 Å². The summed E-state index contributed by atoms with van der Waals surface area (Å²) < 4.78 is 16.1. The molecule has 3 aromatic rings. The maximum Gasteiger partial charge on any atom is 0.514 e. The van der Waals surface area contributed by atoms with Crippen LogP contribution < -0.4 is 4.74 Å². The molecule has 0 N–H and O–H groups in total. The molecule has 0 unspecified atom stereocenters. The normalized spacial score (nSPS) is 10.4. The van der Waals surface area contributed by atoms with Gasteiger partial charge in [-0.25, -0.2) is 4.79 Å². The fourth-order valence-electron chi connectivity index (χ4n) is 2.32. The van der Waals surface area contributed by atoms with E-state index in [1.165, 1.54) is 6.08 Å². The monoisotopic (exact) mass is 308 g/mol. The first-order chi connectivity index (χ1) is 11.3. The van der Waals surface area contributed by atoms with E-state index in [1.54, 1.807) is 0 Å². The molecular formula is C19H16O4. The Morgan fingerprint density at radius 2 is 1.83 bits per heavy atom. The third-order valence-electron chi connectivity index (χ3n) is 3.33. The number of para-hydroxylation sites is 1. The molecule has 0 fully saturated rings. The molecule has 3 rings (SSSR count). The number of benzene rings is 2. The predicted octanol–water partition coefficient (Wildman–Crippen LogP) is 4.73. The Labute approximate surface area is 133 Å². The summed E-state index contributed by atoms with van der Waals surface area (Å²) >= 11 is 0. The van der Waals surface area contributed by atoms with E-state index in [0.717, 1.165) is 10.9 Å². The first-order valence-electron chi connectivity index (χ1n) is 7.28. The number of furan rings is 1. The zero-order valence-electron chi connectivity index (χ0n) is 12.5. The van der Waals surface area contributed by atoms with Crippen LogP contribution in [0.1, 0.15) is 11.3 Å². The van der Waals surface area contributed by atoms with Gasteiger partial charge in [-0.05, 0) is 17.7 Å². The molecule has 0 aliphatic rings. The van der Waals surface area contributed by atoms with Crippen molar-refractivity contribution in [3.8, 4) is 5.75 Å². The Balaban J connectivity index is 1.94. The van der Waals surface area contributed by atoms with Crippen LogP contribution in [-0.4, -0.2) is 12.8 Å². The molecule has 0 saturated carbocycles. The highest BCUT2D eigenvalue weighted by atomic mass is 16.7. The van der Waals surface area contributed by atoms with Gasteiger partial charge in [-0.15, -0.1) is 0 Å². The molecule has 116 valence electrons. The lowest BCUT2D eigenvalue weighted by Crippen LogP contribution is -2.11. The zero-order chi connectivity index (χ0) is 16.1. The van der Waals surface area contributed by atoms with Crippen LogP contribution in [0.5, 0.6) is 5.75 Å². The Kier molecular flexibility index (Phi) is 4.43. The van der Waals surface area contributed by atoms with Gasteiger partial charge in [0.25, 0.3) is 0 Å². The molecule has 4 nitrogen and oxygen atoms in total. The minimum Gasteiger partial charge on any atom is -0.457 e. The number of fused-ring (bicyclic) bond motifs is 1. The molecule has 0 radical (unpaired) electrons. The molecule has 1 aromatic heterocycles. The van der Waals surface area contributed by atoms with Crippen LogP contribution in [0.15, 0.2) is 71.7 Å². The van der Waals surface area contributed by atoms with Crippen molar-refractivity contribution in [2.75, 3.05) is 6.61 Å². The van der Waals surface area contributed by atoms with E-state index in [-0.39, 0.29) is 6.61 Å². The van der Waals surface area contributed by atoms with Crippen molar-refractivity contribution in [1.82, 2.24) is 0 Å². The van der Waals surface area contributed by atoms with Crippen LogP contribution in [0, 0.1) is 0 Å². The SMILES string of the molecule is C=CCOC(=O)Oc1c(Cc2ccccc2)oc2ccccc12. The van der Waals surface area contributed by atoms with Crippen molar-refractivity contribution in [2.24, 2.45) is 0 Å². The summed E-state index contributed by atoms with van der Waals surface area (Å²) in [5.74, 6) is 0.992. The van der Waals surface area contributed by atoms with Crippen molar-refractivity contribution >= 4 is 17.1 Å². The summed E-state index contributed by atoms with van der Waals surface area (Å²) in [4.78, 5) is 11.8. The third kappa shape index (κ3) is 3.43. The summed E-state index contributed by atoms with van der Waals surface area (Å²) in [6.07, 6.45) is 1.24. The van der Waals surface area contributed by atoms with Crippen molar-refractivity contribution in [1.29, 1.82) is 0 Å². The average Bonchev–Trinajstić information content (AvgIpc) is 2.91. The molecule has 2 aromatic carbocycles. The Bertz CT molecular complexity index is 818. The van der Waals surface area contributed by atoms with E-state index >= 15 is 0 Å². The lowest BCUT2D eigenvalue weighted by Gasteiger charge is -2.05. The van der Waals surface area contributed by atoms with Crippen molar-refractivity contribution in [3.63, 3.8) is 0 Å². The maximum absolute atomic E-state index is 11.8. The van der Waals surface area contributed by atoms with Crippen molar-refractivity contribution < 1.29 is 18.7 Å². The fraction of sp³-hybridized carbons (Fsp3) is 0.105. The first kappa shape index (κ1) is 14.9. The second-order valence-electron chi connectivity index (χ2n) is 4.96. The van der Waals surface area contributed by atoms with Gasteiger partial charge in [0.2, 0.25) is 0 Å². The van der Waals surface area contributed by atoms with Crippen molar-refractivity contribution in [3.05, 3.63) is 78.6 Å². The van der Waals surface area contributed by atoms with Gasteiger partial charge in [0.05, 0.1) is 5.39 Å². The Morgan fingerprint density at radius 1 is 1.09 bits per heavy atom. The second kappa shape index (κ2) is 6.83. The molecule has 0 aliphatic heterocycles. The average molecular weight is 308 g/mol. The maximum atomic E-state index is 11.8. The lowest BCUT2D eigenvalue weighted by molar-refractivity contribution is 0.109. The van der Waals surface area contributed by atoms with E-state index in [0.29, 0.717) is 23.5 Å². The number of hydrogen-bond acceptors (Lipinski definition) is 4. The summed E-state index contributed by atoms with van der Waals surface area (Å²) in [5, 5.41) is 0.744. The molecule has 0 atom stereocenters. The van der Waals surface area contributed by atoms with Gasteiger partial charge < -0.3 is 13.9 Å². The van der Waals surface area contributed by atoms with Crippen LogP contribution in [0.2, 0.25) is 0 Å². The van der Waals surface area contributed by atoms with Gasteiger partial charge in [-0.2, -0.15) is 0 Å². The van der Waals surface area contributed by atoms with Gasteiger partial charge >= 0.3 is 6.16 Å². The largest absolute Gasteiger partial charge is 0.514 e. The zero-order valence-corrected chi connectivity index (χ0v) is 12.5. The summed E-state index contributed by atoms with van der Waals surface area (Å²) in [5.41, 5.74) is 1.74. The molecule has 0 aliphatic carbocycles. The van der Waals surface area contributed by atoms with E-state index in [9.17, 15) is 4.79 Å². The molecule has 0 amide bonds. The third-order valence-corrected chi connectivity index (χ3v) is 3.33. The minimum absolute atomic E-state index is 0.0998. The van der Waals surface area contributed by atoms with Gasteiger partial charge in [0, 0.05) is 6.42 Å². The van der Waals surface area contributed by atoms with E-state index in [4.69, 9.17) is 13.9 Å². The predicted molar refractivity (Wildman–Crippen MR) is 87.6 cm³/mol. The van der Waals surface area contributed by atoms with Gasteiger partial charge in [0.1, 0.15) is 12.2 Å². The molecule has 0 spiro atoms. The van der Waals surface area contributed by atoms with Crippen LogP contribution >= 0.6 is 0 Å². The quantitative estimate of drug-likeness (QED) is 0.505. The Morgan fingerprint density at radius 3 is 2.61 bits per heavy atom. The number of rotatable bonds is 5. The van der Waals surface area contributed by atoms with Gasteiger partial charge in [0.15, 0.2) is 11.5 Å². The highest BCUT2D eigenvalue weighted by Gasteiger charge is 2.19. The molecule has 4 heteroatoms. The van der Waals surface area contributed by atoms with E-state index in [1.807, 2.05) is 54.6 Å². The molecule has 0 saturated heterocycles. The highest BCUT2D eigenvalue weighted by Crippen LogP contribution is 2.34. The Hall–Kier alpha value is -3.01. The van der Waals surface area contributed by atoms with Gasteiger partial charge in [-0.3, -0.25) is 0 Å². The molecular weight excluding hydrogens is 292 g/mol. The standard InChI is InChI=1S/C19H16O4/c1-2-12-21-19(20)23-18-15-10-6-7-11-16(15)22-17(18)13-14-8-4-3-5-9-14/h2-11H,1,12-13H2. The summed E-state index contributed by atoms with van der Waals surface area (Å²) in [6, 6.07) is 17.3. The van der Waals surface area contributed by atoms with Crippen LogP contribution in [-0.2, 0) is 11.2 Å². The second-order valence-corrected chi connectivity index (χ2v) is 4.96. The number of ether oxygens (including phenoxy) is 2. The van der Waals surface area contributed by atoms with Crippen LogP contribution in [0.3, 0.4) is 0 Å². The smallest absolute Gasteiger partial charge is 0.457 e. The first-order valence-corrected chi connectivity index (χ1v) is 7.28. The summed E-state index contributed by atoms with van der Waals surface area (Å²) in [7, 11) is 0.